The zero-order chi connectivity index (χ0) is 16.1. The van der Waals surface area contributed by atoms with Crippen molar-refractivity contribution < 1.29 is 4.74 Å². The van der Waals surface area contributed by atoms with Gasteiger partial charge in [-0.2, -0.15) is 0 Å². The highest BCUT2D eigenvalue weighted by Crippen LogP contribution is 2.24. The normalized spacial score (nSPS) is 10.1. The van der Waals surface area contributed by atoms with Gasteiger partial charge in [0.2, 0.25) is 5.95 Å². The Kier molecular flexibility index (Phi) is 4.24. The highest BCUT2D eigenvalue weighted by Gasteiger charge is 2.04. The fourth-order valence-electron chi connectivity index (χ4n) is 2.13. The van der Waals surface area contributed by atoms with Crippen molar-refractivity contribution in [2.45, 2.75) is 0 Å². The second kappa shape index (κ2) is 6.65. The number of hydrogen-bond donors (Lipinski definition) is 1. The molecule has 1 N–H and O–H groups in total. The number of nitrogens with one attached hydrogen (secondary N) is 1. The summed E-state index contributed by atoms with van der Waals surface area (Å²) in [6.45, 7) is 0. The fourth-order valence-corrected chi connectivity index (χ4v) is 2.13. The molecule has 0 saturated carbocycles. The van der Waals surface area contributed by atoms with Crippen LogP contribution in [0.4, 0.5) is 17.3 Å². The number of benzene rings is 2. The lowest BCUT2D eigenvalue weighted by atomic mass is 10.1. The molecule has 1 heterocycles. The highest BCUT2D eigenvalue weighted by molar-refractivity contribution is 5.64. The first-order chi connectivity index (χ1) is 11.3. The Morgan fingerprint density at radius 2 is 1.96 bits per heavy atom. The molecule has 3 rings (SSSR count). The first-order valence-corrected chi connectivity index (χ1v) is 6.96. The van der Waals surface area contributed by atoms with Gasteiger partial charge < -0.3 is 10.1 Å². The number of nitroso groups, excluding NO2 is 1. The van der Waals surface area contributed by atoms with E-state index in [1.807, 2.05) is 36.4 Å². The van der Waals surface area contributed by atoms with Crippen LogP contribution in [0.25, 0.3) is 11.3 Å². The van der Waals surface area contributed by atoms with E-state index in [-0.39, 0.29) is 0 Å². The third kappa shape index (κ3) is 3.49. The Morgan fingerprint density at radius 3 is 2.78 bits per heavy atom. The van der Waals surface area contributed by atoms with E-state index in [9.17, 15) is 4.91 Å². The zero-order valence-electron chi connectivity index (χ0n) is 12.4. The zero-order valence-corrected chi connectivity index (χ0v) is 12.4. The quantitative estimate of drug-likeness (QED) is 0.711. The predicted octanol–water partition coefficient (Wildman–Crippen LogP) is 4.29. The van der Waals surface area contributed by atoms with Gasteiger partial charge in [-0.1, -0.05) is 18.2 Å². The van der Waals surface area contributed by atoms with Crippen molar-refractivity contribution in [3.05, 3.63) is 65.7 Å². The van der Waals surface area contributed by atoms with Gasteiger partial charge in [0.25, 0.3) is 0 Å². The Morgan fingerprint density at radius 1 is 1.09 bits per heavy atom. The molecule has 0 amide bonds. The average Bonchev–Trinajstić information content (AvgIpc) is 2.62. The van der Waals surface area contributed by atoms with Crippen LogP contribution in [0, 0.1) is 4.91 Å². The summed E-state index contributed by atoms with van der Waals surface area (Å²) in [5, 5.41) is 5.98. The maximum atomic E-state index is 10.6. The molecule has 2 aromatic carbocycles. The SMILES string of the molecule is COc1cccc(-c2ccnc(Nc3cccc(N=O)c3)n2)c1. The van der Waals surface area contributed by atoms with Crippen molar-refractivity contribution in [2.75, 3.05) is 12.4 Å². The molecular weight excluding hydrogens is 292 g/mol. The lowest BCUT2D eigenvalue weighted by Gasteiger charge is -2.07. The predicted molar refractivity (Wildman–Crippen MR) is 89.2 cm³/mol. The summed E-state index contributed by atoms with van der Waals surface area (Å²) in [5.41, 5.74) is 2.74. The molecular formula is C17H14N4O2. The van der Waals surface area contributed by atoms with Crippen molar-refractivity contribution in [3.63, 3.8) is 0 Å². The van der Waals surface area contributed by atoms with E-state index in [2.05, 4.69) is 20.5 Å². The van der Waals surface area contributed by atoms with E-state index >= 15 is 0 Å². The molecule has 0 radical (unpaired) electrons. The minimum atomic E-state index is 0.346. The van der Waals surface area contributed by atoms with Crippen molar-refractivity contribution in [1.29, 1.82) is 0 Å². The maximum absolute atomic E-state index is 10.6. The average molecular weight is 306 g/mol. The minimum Gasteiger partial charge on any atom is -0.497 e. The number of anilines is 2. The Hall–Kier alpha value is -3.28. The molecule has 114 valence electrons. The van der Waals surface area contributed by atoms with Gasteiger partial charge in [0, 0.05) is 17.4 Å². The van der Waals surface area contributed by atoms with E-state index in [0.29, 0.717) is 17.3 Å². The molecule has 1 aromatic heterocycles. The van der Waals surface area contributed by atoms with Gasteiger partial charge in [-0.15, -0.1) is 4.91 Å². The molecule has 0 saturated heterocycles. The van der Waals surface area contributed by atoms with Crippen LogP contribution in [-0.2, 0) is 0 Å². The van der Waals surface area contributed by atoms with E-state index in [4.69, 9.17) is 4.74 Å². The molecule has 0 spiro atoms. The number of aromatic nitrogens is 2. The van der Waals surface area contributed by atoms with Crippen molar-refractivity contribution >= 4 is 17.3 Å². The van der Waals surface area contributed by atoms with Gasteiger partial charge in [-0.25, -0.2) is 9.97 Å². The number of hydrogen-bond acceptors (Lipinski definition) is 6. The van der Waals surface area contributed by atoms with Crippen LogP contribution in [0.2, 0.25) is 0 Å². The molecule has 0 aliphatic heterocycles. The fraction of sp³-hybridized carbons (Fsp3) is 0.0588. The molecule has 6 nitrogen and oxygen atoms in total. The Balaban J connectivity index is 1.88. The second-order valence-corrected chi connectivity index (χ2v) is 4.76. The molecule has 3 aromatic rings. The largest absolute Gasteiger partial charge is 0.497 e. The first kappa shape index (κ1) is 14.6. The van der Waals surface area contributed by atoms with Gasteiger partial charge in [-0.3, -0.25) is 0 Å². The van der Waals surface area contributed by atoms with Crippen LogP contribution in [0.1, 0.15) is 0 Å². The summed E-state index contributed by atoms with van der Waals surface area (Å²) in [6, 6.07) is 16.3. The monoisotopic (exact) mass is 306 g/mol. The third-order valence-corrected chi connectivity index (χ3v) is 3.23. The van der Waals surface area contributed by atoms with Gasteiger partial charge in [0.15, 0.2) is 0 Å². The van der Waals surface area contributed by atoms with E-state index in [1.54, 1.807) is 31.5 Å². The summed E-state index contributed by atoms with van der Waals surface area (Å²) in [6.07, 6.45) is 1.67. The Labute approximate surface area is 133 Å². The van der Waals surface area contributed by atoms with Crippen LogP contribution in [0.5, 0.6) is 5.75 Å². The number of ether oxygens (including phenoxy) is 1. The van der Waals surface area contributed by atoms with E-state index in [0.717, 1.165) is 17.0 Å². The molecule has 0 fully saturated rings. The topological polar surface area (TPSA) is 76.5 Å². The lowest BCUT2D eigenvalue weighted by Crippen LogP contribution is -1.97. The van der Waals surface area contributed by atoms with Crippen LogP contribution >= 0.6 is 0 Å². The highest BCUT2D eigenvalue weighted by atomic mass is 16.5. The first-order valence-electron chi connectivity index (χ1n) is 6.96. The number of methoxy groups -OCH3 is 1. The molecule has 0 atom stereocenters. The van der Waals surface area contributed by atoms with Crippen molar-refractivity contribution in [1.82, 2.24) is 9.97 Å². The van der Waals surface area contributed by atoms with Crippen LogP contribution < -0.4 is 10.1 Å². The Bertz CT molecular complexity index is 836. The molecule has 0 aliphatic rings. The van der Waals surface area contributed by atoms with Crippen LogP contribution in [0.3, 0.4) is 0 Å². The summed E-state index contributed by atoms with van der Waals surface area (Å²) < 4.78 is 5.23. The third-order valence-electron chi connectivity index (χ3n) is 3.23. The molecule has 0 unspecified atom stereocenters. The summed E-state index contributed by atoms with van der Waals surface area (Å²) >= 11 is 0. The number of nitrogens with zero attached hydrogens (tertiary/aromatic N) is 3. The standard InChI is InChI=1S/C17H14N4O2/c1-23-15-7-2-4-12(10-15)16-8-9-18-17(20-16)19-13-5-3-6-14(11-13)21-22/h2-11H,1H3,(H,18,19,20). The number of rotatable bonds is 5. The lowest BCUT2D eigenvalue weighted by molar-refractivity contribution is 0.415. The van der Waals surface area contributed by atoms with Gasteiger partial charge in [0.05, 0.1) is 12.8 Å². The van der Waals surface area contributed by atoms with Gasteiger partial charge in [-0.05, 0) is 41.6 Å². The van der Waals surface area contributed by atoms with Crippen LogP contribution in [-0.4, -0.2) is 17.1 Å². The van der Waals surface area contributed by atoms with Gasteiger partial charge >= 0.3 is 0 Å². The molecule has 0 bridgehead atoms. The van der Waals surface area contributed by atoms with E-state index in [1.165, 1.54) is 0 Å². The summed E-state index contributed by atoms with van der Waals surface area (Å²) in [4.78, 5) is 19.3. The summed E-state index contributed by atoms with van der Waals surface area (Å²) in [5.74, 6) is 1.20. The molecule has 0 aliphatic carbocycles. The van der Waals surface area contributed by atoms with Gasteiger partial charge in [0.1, 0.15) is 11.4 Å². The summed E-state index contributed by atoms with van der Waals surface area (Å²) in [7, 11) is 1.63. The van der Waals surface area contributed by atoms with Crippen molar-refractivity contribution in [3.8, 4) is 17.0 Å². The molecule has 23 heavy (non-hydrogen) atoms. The van der Waals surface area contributed by atoms with E-state index < -0.39 is 0 Å². The second-order valence-electron chi connectivity index (χ2n) is 4.76. The smallest absolute Gasteiger partial charge is 0.227 e. The molecule has 6 heteroatoms. The van der Waals surface area contributed by atoms with Crippen LogP contribution in [0.15, 0.2) is 66.0 Å². The maximum Gasteiger partial charge on any atom is 0.227 e. The minimum absolute atomic E-state index is 0.346. The van der Waals surface area contributed by atoms with Crippen molar-refractivity contribution in [2.24, 2.45) is 5.18 Å².